The van der Waals surface area contributed by atoms with Crippen LogP contribution in [0.3, 0.4) is 0 Å². The van der Waals surface area contributed by atoms with Crippen molar-refractivity contribution < 1.29 is 4.79 Å². The molecule has 0 radical (unpaired) electrons. The maximum atomic E-state index is 12.4. The molecular weight excluding hydrogens is 246 g/mol. The van der Waals surface area contributed by atoms with Gasteiger partial charge in [0.2, 0.25) is 0 Å². The minimum Gasteiger partial charge on any atom is -0.294 e. The van der Waals surface area contributed by atoms with Crippen LogP contribution in [0.5, 0.6) is 0 Å². The summed E-state index contributed by atoms with van der Waals surface area (Å²) in [5.41, 5.74) is 0.708. The molecule has 1 saturated carbocycles. The molecule has 1 atom stereocenters. The van der Waals surface area contributed by atoms with E-state index in [-0.39, 0.29) is 11.8 Å². The van der Waals surface area contributed by atoms with E-state index in [4.69, 9.17) is 11.6 Å². The number of likely N-dealkylation sites (N-methyl/N-ethyl adjacent to an activating group) is 1. The molecule has 1 aliphatic rings. The van der Waals surface area contributed by atoms with E-state index in [0.717, 1.165) is 0 Å². The van der Waals surface area contributed by atoms with E-state index < -0.39 is 0 Å². The van der Waals surface area contributed by atoms with Gasteiger partial charge in [-0.2, -0.15) is 0 Å². The average Bonchev–Trinajstić information content (AvgIpc) is 2.90. The monoisotopic (exact) mass is 265 g/mol. The third-order valence-corrected chi connectivity index (χ3v) is 4.24. The Bertz CT molecular complexity index is 426. The third kappa shape index (κ3) is 2.93. The molecule has 0 saturated heterocycles. The zero-order chi connectivity index (χ0) is 13.1. The Labute approximate surface area is 114 Å². The highest BCUT2D eigenvalue weighted by molar-refractivity contribution is 6.31. The van der Waals surface area contributed by atoms with Crippen LogP contribution in [-0.4, -0.2) is 29.8 Å². The number of nitrogens with zero attached hydrogens (tertiary/aromatic N) is 1. The second kappa shape index (κ2) is 5.85. The van der Waals surface area contributed by atoms with Crippen LogP contribution in [0.25, 0.3) is 0 Å². The summed E-state index contributed by atoms with van der Waals surface area (Å²) in [6, 6.07) is 7.70. The third-order valence-electron chi connectivity index (χ3n) is 4.00. The summed E-state index contributed by atoms with van der Waals surface area (Å²) in [6.07, 6.45) is 4.99. The zero-order valence-corrected chi connectivity index (χ0v) is 11.8. The summed E-state index contributed by atoms with van der Waals surface area (Å²) in [4.78, 5) is 14.6. The lowest BCUT2D eigenvalue weighted by atomic mass is 10.0. The first-order valence-corrected chi connectivity index (χ1v) is 6.99. The van der Waals surface area contributed by atoms with Gasteiger partial charge in [0.1, 0.15) is 0 Å². The molecule has 0 aliphatic heterocycles. The summed E-state index contributed by atoms with van der Waals surface area (Å²) >= 11 is 5.93. The van der Waals surface area contributed by atoms with Gasteiger partial charge in [0.15, 0.2) is 5.78 Å². The number of carbonyl (C=O) groups is 1. The van der Waals surface area contributed by atoms with Crippen molar-refractivity contribution in [2.45, 2.75) is 44.7 Å². The maximum absolute atomic E-state index is 12.4. The Morgan fingerprint density at radius 1 is 1.39 bits per heavy atom. The number of carbonyl (C=O) groups excluding carboxylic acids is 1. The van der Waals surface area contributed by atoms with Crippen molar-refractivity contribution in [3.05, 3.63) is 34.9 Å². The van der Waals surface area contributed by atoms with E-state index in [1.54, 1.807) is 12.1 Å². The molecule has 0 heterocycles. The predicted octanol–water partition coefficient (Wildman–Crippen LogP) is 3.79. The van der Waals surface area contributed by atoms with E-state index in [0.29, 0.717) is 16.6 Å². The van der Waals surface area contributed by atoms with Crippen LogP contribution >= 0.6 is 11.6 Å². The molecule has 1 fully saturated rings. The van der Waals surface area contributed by atoms with Gasteiger partial charge in [-0.25, -0.2) is 0 Å². The van der Waals surface area contributed by atoms with Crippen molar-refractivity contribution in [1.29, 1.82) is 0 Å². The maximum Gasteiger partial charge on any atom is 0.179 e. The Kier molecular flexibility index (Phi) is 4.41. The van der Waals surface area contributed by atoms with Crippen molar-refractivity contribution in [3.8, 4) is 0 Å². The first kappa shape index (κ1) is 13.6. The number of rotatable bonds is 4. The summed E-state index contributed by atoms with van der Waals surface area (Å²) in [5.74, 6) is 0.159. The lowest BCUT2D eigenvalue weighted by Gasteiger charge is -2.29. The largest absolute Gasteiger partial charge is 0.294 e. The Balaban J connectivity index is 2.08. The van der Waals surface area contributed by atoms with Gasteiger partial charge in [0, 0.05) is 16.6 Å². The summed E-state index contributed by atoms with van der Waals surface area (Å²) in [6.45, 7) is 1.99. The van der Waals surface area contributed by atoms with Crippen LogP contribution in [0.4, 0.5) is 0 Å². The second-order valence-corrected chi connectivity index (χ2v) is 5.59. The zero-order valence-electron chi connectivity index (χ0n) is 11.0. The Morgan fingerprint density at radius 3 is 2.67 bits per heavy atom. The molecule has 0 N–H and O–H groups in total. The molecule has 3 heteroatoms. The van der Waals surface area contributed by atoms with Crippen molar-refractivity contribution in [1.82, 2.24) is 4.90 Å². The fourth-order valence-electron chi connectivity index (χ4n) is 2.70. The quantitative estimate of drug-likeness (QED) is 0.772. The summed E-state index contributed by atoms with van der Waals surface area (Å²) < 4.78 is 0. The molecule has 98 valence electrons. The molecular formula is C15H20ClNO. The molecule has 0 aromatic heterocycles. The molecule has 1 aromatic rings. The van der Waals surface area contributed by atoms with Gasteiger partial charge in [-0.05, 0) is 38.9 Å². The van der Waals surface area contributed by atoms with Crippen LogP contribution in [-0.2, 0) is 0 Å². The van der Waals surface area contributed by atoms with Crippen molar-refractivity contribution in [2.75, 3.05) is 7.05 Å². The average molecular weight is 266 g/mol. The highest BCUT2D eigenvalue weighted by Crippen LogP contribution is 2.25. The SMILES string of the molecule is CC(C(=O)c1cccc(Cl)c1)N(C)C1CCCC1. The first-order chi connectivity index (χ1) is 8.59. The van der Waals surface area contributed by atoms with Gasteiger partial charge >= 0.3 is 0 Å². The van der Waals surface area contributed by atoms with Crippen LogP contribution < -0.4 is 0 Å². The molecule has 0 spiro atoms. The minimum atomic E-state index is -0.0773. The van der Waals surface area contributed by atoms with Crippen LogP contribution in [0.15, 0.2) is 24.3 Å². The van der Waals surface area contributed by atoms with E-state index in [2.05, 4.69) is 11.9 Å². The normalized spacial score (nSPS) is 18.2. The molecule has 1 aromatic carbocycles. The Morgan fingerprint density at radius 2 is 2.06 bits per heavy atom. The van der Waals surface area contributed by atoms with Crippen molar-refractivity contribution in [3.63, 3.8) is 0 Å². The number of hydrogen-bond donors (Lipinski definition) is 0. The summed E-state index contributed by atoms with van der Waals surface area (Å²) in [7, 11) is 2.06. The number of benzene rings is 1. The smallest absolute Gasteiger partial charge is 0.179 e. The van der Waals surface area contributed by atoms with Gasteiger partial charge in [0.25, 0.3) is 0 Å². The van der Waals surface area contributed by atoms with Gasteiger partial charge in [-0.15, -0.1) is 0 Å². The standard InChI is InChI=1S/C15H20ClNO/c1-11(17(2)14-8-3-4-9-14)15(18)12-6-5-7-13(16)10-12/h5-7,10-11,14H,3-4,8-9H2,1-2H3. The Hall–Kier alpha value is -0.860. The number of hydrogen-bond acceptors (Lipinski definition) is 2. The molecule has 2 nitrogen and oxygen atoms in total. The van der Waals surface area contributed by atoms with E-state index in [9.17, 15) is 4.79 Å². The lowest BCUT2D eigenvalue weighted by molar-refractivity contribution is 0.0819. The summed E-state index contributed by atoms with van der Waals surface area (Å²) in [5, 5.41) is 0.622. The second-order valence-electron chi connectivity index (χ2n) is 5.15. The highest BCUT2D eigenvalue weighted by atomic mass is 35.5. The number of ketones is 1. The number of Topliss-reactive ketones (excluding diaryl/α,β-unsaturated/α-hetero) is 1. The molecule has 18 heavy (non-hydrogen) atoms. The molecule has 1 aliphatic carbocycles. The topological polar surface area (TPSA) is 20.3 Å². The van der Waals surface area contributed by atoms with E-state index in [1.807, 2.05) is 19.1 Å². The van der Waals surface area contributed by atoms with Gasteiger partial charge in [0.05, 0.1) is 6.04 Å². The predicted molar refractivity (Wildman–Crippen MR) is 75.3 cm³/mol. The van der Waals surface area contributed by atoms with Crippen molar-refractivity contribution in [2.24, 2.45) is 0 Å². The van der Waals surface area contributed by atoms with Crippen LogP contribution in [0.2, 0.25) is 5.02 Å². The molecule has 0 bridgehead atoms. The van der Waals surface area contributed by atoms with Gasteiger partial charge < -0.3 is 0 Å². The fourth-order valence-corrected chi connectivity index (χ4v) is 2.89. The van der Waals surface area contributed by atoms with Gasteiger partial charge in [-0.1, -0.05) is 36.6 Å². The van der Waals surface area contributed by atoms with Crippen molar-refractivity contribution >= 4 is 17.4 Å². The van der Waals surface area contributed by atoms with Gasteiger partial charge in [-0.3, -0.25) is 9.69 Å². The van der Waals surface area contributed by atoms with E-state index >= 15 is 0 Å². The van der Waals surface area contributed by atoms with Crippen LogP contribution in [0.1, 0.15) is 43.0 Å². The first-order valence-electron chi connectivity index (χ1n) is 6.61. The van der Waals surface area contributed by atoms with Crippen LogP contribution in [0, 0.1) is 0 Å². The number of halogens is 1. The lowest BCUT2D eigenvalue weighted by Crippen LogP contribution is -2.41. The molecule has 1 unspecified atom stereocenters. The molecule has 0 amide bonds. The molecule has 2 rings (SSSR count). The minimum absolute atomic E-state index is 0.0773. The fraction of sp³-hybridized carbons (Fsp3) is 0.533. The highest BCUT2D eigenvalue weighted by Gasteiger charge is 2.27. The van der Waals surface area contributed by atoms with E-state index in [1.165, 1.54) is 25.7 Å².